The molecule has 2 saturated heterocycles. The van der Waals surface area contributed by atoms with Crippen LogP contribution in [-0.2, 0) is 4.79 Å². The van der Waals surface area contributed by atoms with E-state index < -0.39 is 0 Å². The quantitative estimate of drug-likeness (QED) is 0.837. The number of nitrogens with one attached hydrogen (secondary N) is 1. The van der Waals surface area contributed by atoms with Crippen molar-refractivity contribution in [2.45, 2.75) is 52.1 Å². The zero-order valence-corrected chi connectivity index (χ0v) is 12.9. The number of rotatable bonds is 3. The Morgan fingerprint density at radius 1 is 1.26 bits per heavy atom. The van der Waals surface area contributed by atoms with Crippen molar-refractivity contribution in [1.29, 1.82) is 0 Å². The zero-order chi connectivity index (χ0) is 14.0. The van der Waals surface area contributed by atoms with Crippen molar-refractivity contribution in [3.8, 4) is 0 Å². The number of piperazine rings is 1. The molecule has 2 rings (SSSR count). The molecule has 19 heavy (non-hydrogen) atoms. The highest BCUT2D eigenvalue weighted by Gasteiger charge is 2.35. The molecule has 110 valence electrons. The summed E-state index contributed by atoms with van der Waals surface area (Å²) in [7, 11) is 0. The Morgan fingerprint density at radius 3 is 2.37 bits per heavy atom. The summed E-state index contributed by atoms with van der Waals surface area (Å²) >= 11 is 0. The molecular formula is C15H29N3O. The number of hydrogen-bond acceptors (Lipinski definition) is 3. The number of carbonyl (C=O) groups excluding carboxylic acids is 1. The standard InChI is InChI=1S/C15H29N3O/c1-12(2)9-14(19)18-7-5-17(6-8-18)13-10-15(3,4)16-11-13/h12-13,16H,5-11H2,1-4H3. The summed E-state index contributed by atoms with van der Waals surface area (Å²) in [6, 6.07) is 0.650. The molecule has 0 aromatic heterocycles. The average molecular weight is 267 g/mol. The van der Waals surface area contributed by atoms with Gasteiger partial charge in [0.25, 0.3) is 0 Å². The van der Waals surface area contributed by atoms with Crippen LogP contribution in [0.25, 0.3) is 0 Å². The molecule has 0 radical (unpaired) electrons. The first-order chi connectivity index (χ1) is 8.87. The van der Waals surface area contributed by atoms with Gasteiger partial charge in [0.2, 0.25) is 5.91 Å². The van der Waals surface area contributed by atoms with Gasteiger partial charge < -0.3 is 10.2 Å². The summed E-state index contributed by atoms with van der Waals surface area (Å²) in [5, 5.41) is 3.58. The highest BCUT2D eigenvalue weighted by Crippen LogP contribution is 2.23. The third kappa shape index (κ3) is 3.93. The Hall–Kier alpha value is -0.610. The lowest BCUT2D eigenvalue weighted by Crippen LogP contribution is -2.52. The SMILES string of the molecule is CC(C)CC(=O)N1CCN(C2CNC(C)(C)C2)CC1. The van der Waals surface area contributed by atoms with Crippen molar-refractivity contribution in [2.75, 3.05) is 32.7 Å². The van der Waals surface area contributed by atoms with Gasteiger partial charge in [-0.05, 0) is 26.2 Å². The fourth-order valence-corrected chi connectivity index (χ4v) is 3.20. The predicted molar refractivity (Wildman–Crippen MR) is 78.1 cm³/mol. The molecule has 2 heterocycles. The van der Waals surface area contributed by atoms with Crippen molar-refractivity contribution in [3.63, 3.8) is 0 Å². The predicted octanol–water partition coefficient (Wildman–Crippen LogP) is 1.32. The minimum Gasteiger partial charge on any atom is -0.340 e. The molecule has 4 heteroatoms. The molecular weight excluding hydrogens is 238 g/mol. The van der Waals surface area contributed by atoms with Crippen molar-refractivity contribution >= 4 is 5.91 Å². The van der Waals surface area contributed by atoms with Crippen molar-refractivity contribution in [1.82, 2.24) is 15.1 Å². The largest absolute Gasteiger partial charge is 0.340 e. The van der Waals surface area contributed by atoms with Crippen LogP contribution in [0.15, 0.2) is 0 Å². The van der Waals surface area contributed by atoms with Crippen LogP contribution in [0.4, 0.5) is 0 Å². The lowest BCUT2D eigenvalue weighted by Gasteiger charge is -2.38. The van der Waals surface area contributed by atoms with Crippen LogP contribution in [0.3, 0.4) is 0 Å². The second kappa shape index (κ2) is 5.80. The highest BCUT2D eigenvalue weighted by molar-refractivity contribution is 5.76. The number of hydrogen-bond donors (Lipinski definition) is 1. The maximum absolute atomic E-state index is 12.0. The normalized spacial score (nSPS) is 28.1. The van der Waals surface area contributed by atoms with Crippen LogP contribution in [0.5, 0.6) is 0 Å². The first-order valence-electron chi connectivity index (χ1n) is 7.64. The average Bonchev–Trinajstić information content (AvgIpc) is 2.69. The summed E-state index contributed by atoms with van der Waals surface area (Å²) in [6.07, 6.45) is 1.91. The molecule has 0 saturated carbocycles. The van der Waals surface area contributed by atoms with Crippen LogP contribution in [-0.4, -0.2) is 60.0 Å². The fraction of sp³-hybridized carbons (Fsp3) is 0.933. The second-order valence-electron chi connectivity index (χ2n) is 7.14. The summed E-state index contributed by atoms with van der Waals surface area (Å²) in [5.41, 5.74) is 0.273. The highest BCUT2D eigenvalue weighted by atomic mass is 16.2. The Bertz CT molecular complexity index is 319. The molecule has 0 bridgehead atoms. The second-order valence-corrected chi connectivity index (χ2v) is 7.14. The van der Waals surface area contributed by atoms with Crippen molar-refractivity contribution in [3.05, 3.63) is 0 Å². The number of nitrogens with zero attached hydrogens (tertiary/aromatic N) is 2. The topological polar surface area (TPSA) is 35.6 Å². The van der Waals surface area contributed by atoms with Gasteiger partial charge in [-0.3, -0.25) is 9.69 Å². The Labute approximate surface area is 117 Å². The van der Waals surface area contributed by atoms with E-state index in [0.29, 0.717) is 24.3 Å². The summed E-state index contributed by atoms with van der Waals surface area (Å²) < 4.78 is 0. The molecule has 2 aliphatic rings. The lowest BCUT2D eigenvalue weighted by atomic mass is 10.0. The van der Waals surface area contributed by atoms with Crippen LogP contribution in [0.1, 0.15) is 40.5 Å². The van der Waals surface area contributed by atoms with Gasteiger partial charge in [-0.15, -0.1) is 0 Å². The first kappa shape index (κ1) is 14.8. The van der Waals surface area contributed by atoms with Crippen LogP contribution in [0, 0.1) is 5.92 Å². The Morgan fingerprint density at radius 2 is 1.89 bits per heavy atom. The molecule has 0 spiro atoms. The molecule has 2 aliphatic heterocycles. The van der Waals surface area contributed by atoms with Gasteiger partial charge in [0.15, 0.2) is 0 Å². The number of carbonyl (C=O) groups is 1. The zero-order valence-electron chi connectivity index (χ0n) is 12.9. The van der Waals surface area contributed by atoms with Gasteiger partial charge in [0.1, 0.15) is 0 Å². The van der Waals surface area contributed by atoms with E-state index in [-0.39, 0.29) is 5.54 Å². The minimum atomic E-state index is 0.273. The van der Waals surface area contributed by atoms with E-state index in [1.807, 2.05) is 4.90 Å². The molecule has 1 N–H and O–H groups in total. The van der Waals surface area contributed by atoms with Gasteiger partial charge in [-0.1, -0.05) is 13.8 Å². The molecule has 0 aromatic rings. The summed E-state index contributed by atoms with van der Waals surface area (Å²) in [4.78, 5) is 16.6. The van der Waals surface area contributed by atoms with Gasteiger partial charge in [-0.2, -0.15) is 0 Å². The minimum absolute atomic E-state index is 0.273. The molecule has 0 aromatic carbocycles. The fourth-order valence-electron chi connectivity index (χ4n) is 3.20. The van der Waals surface area contributed by atoms with Gasteiger partial charge >= 0.3 is 0 Å². The van der Waals surface area contributed by atoms with E-state index in [1.165, 1.54) is 6.42 Å². The molecule has 1 unspecified atom stereocenters. The van der Waals surface area contributed by atoms with Crippen LogP contribution < -0.4 is 5.32 Å². The van der Waals surface area contributed by atoms with Gasteiger partial charge in [0, 0.05) is 50.7 Å². The molecule has 1 amide bonds. The molecule has 2 fully saturated rings. The van der Waals surface area contributed by atoms with E-state index in [9.17, 15) is 4.79 Å². The number of amides is 1. The van der Waals surface area contributed by atoms with Gasteiger partial charge in [-0.25, -0.2) is 0 Å². The molecule has 4 nitrogen and oxygen atoms in total. The first-order valence-corrected chi connectivity index (χ1v) is 7.64. The Balaban J connectivity index is 1.78. The monoisotopic (exact) mass is 267 g/mol. The molecule has 1 atom stereocenters. The van der Waals surface area contributed by atoms with Crippen molar-refractivity contribution < 1.29 is 4.79 Å². The van der Waals surface area contributed by atoms with Gasteiger partial charge in [0.05, 0.1) is 0 Å². The third-order valence-corrected chi connectivity index (χ3v) is 4.33. The maximum atomic E-state index is 12.0. The molecule has 0 aliphatic carbocycles. The lowest BCUT2D eigenvalue weighted by molar-refractivity contribution is -0.134. The maximum Gasteiger partial charge on any atom is 0.222 e. The third-order valence-electron chi connectivity index (χ3n) is 4.33. The van der Waals surface area contributed by atoms with Crippen molar-refractivity contribution in [2.24, 2.45) is 5.92 Å². The summed E-state index contributed by atoms with van der Waals surface area (Å²) in [5.74, 6) is 0.796. The van der Waals surface area contributed by atoms with E-state index in [2.05, 4.69) is 37.9 Å². The van der Waals surface area contributed by atoms with E-state index in [0.717, 1.165) is 32.7 Å². The smallest absolute Gasteiger partial charge is 0.222 e. The van der Waals surface area contributed by atoms with E-state index in [1.54, 1.807) is 0 Å². The van der Waals surface area contributed by atoms with E-state index >= 15 is 0 Å². The van der Waals surface area contributed by atoms with E-state index in [4.69, 9.17) is 0 Å². The Kier molecular flexibility index (Phi) is 4.51. The summed E-state index contributed by atoms with van der Waals surface area (Å²) in [6.45, 7) is 13.7. The van der Waals surface area contributed by atoms with Crippen LogP contribution in [0.2, 0.25) is 0 Å². The van der Waals surface area contributed by atoms with Crippen LogP contribution >= 0.6 is 0 Å².